The Kier molecular flexibility index (Phi) is 5.76. The molecule has 2 fully saturated rings. The summed E-state index contributed by atoms with van der Waals surface area (Å²) in [6, 6.07) is 9.69. The number of benzene rings is 1. The van der Waals surface area contributed by atoms with Crippen LogP contribution in [0.3, 0.4) is 0 Å². The number of fused-ring (bicyclic) bond motifs is 4. The molecule has 2 aromatic heterocycles. The summed E-state index contributed by atoms with van der Waals surface area (Å²) in [7, 11) is 0.316. The van der Waals surface area contributed by atoms with Crippen LogP contribution in [0.1, 0.15) is 43.0 Å². The van der Waals surface area contributed by atoms with Gasteiger partial charge in [-0.15, -0.1) is 11.3 Å². The van der Waals surface area contributed by atoms with Gasteiger partial charge in [0.05, 0.1) is 25.3 Å². The van der Waals surface area contributed by atoms with Crippen molar-refractivity contribution < 1.29 is 18.3 Å². The fraction of sp³-hybridized carbons (Fsp3) is 0.538. The summed E-state index contributed by atoms with van der Waals surface area (Å²) in [5.41, 5.74) is 3.44. The third-order valence-corrected chi connectivity index (χ3v) is 11.6. The van der Waals surface area contributed by atoms with E-state index in [0.29, 0.717) is 23.2 Å². The largest absolute Gasteiger partial charge is 0.497 e. The lowest BCUT2D eigenvalue weighted by atomic mass is 9.68. The summed E-state index contributed by atoms with van der Waals surface area (Å²) in [6.07, 6.45) is 4.06. The van der Waals surface area contributed by atoms with Gasteiger partial charge in [-0.2, -0.15) is 4.31 Å². The van der Waals surface area contributed by atoms with Crippen LogP contribution in [0, 0.1) is 5.92 Å². The van der Waals surface area contributed by atoms with E-state index in [0.717, 1.165) is 37.2 Å². The van der Waals surface area contributed by atoms with E-state index in [-0.39, 0.29) is 18.1 Å². The zero-order valence-electron chi connectivity index (χ0n) is 20.3. The first-order valence-electron chi connectivity index (χ1n) is 12.4. The minimum atomic E-state index is -3.46. The Morgan fingerprint density at radius 2 is 1.97 bits per heavy atom. The molecule has 35 heavy (non-hydrogen) atoms. The molecular formula is C26H33N3O4S2. The van der Waals surface area contributed by atoms with E-state index in [1.165, 1.54) is 40.8 Å². The minimum absolute atomic E-state index is 0.0486. The summed E-state index contributed by atoms with van der Waals surface area (Å²) in [6.45, 7) is 2.95. The molecular weight excluding hydrogens is 482 g/mol. The van der Waals surface area contributed by atoms with E-state index in [1.807, 2.05) is 11.4 Å². The molecule has 0 radical (unpaired) electrons. The molecule has 3 aliphatic rings. The average molecular weight is 516 g/mol. The highest BCUT2D eigenvalue weighted by molar-refractivity contribution is 7.91. The van der Waals surface area contributed by atoms with Gasteiger partial charge in [-0.25, -0.2) is 8.42 Å². The molecule has 188 valence electrons. The van der Waals surface area contributed by atoms with Gasteiger partial charge in [-0.3, -0.25) is 4.90 Å². The number of aryl methyl sites for hydroxylation is 1. The standard InChI is InChI=1S/C26H33N3O4S2/c1-27-21-14-19(33-2)7-8-20(21)24-25(27)22(16-30)28(15-18-5-6-18)17-26(24)9-11-29(12-10-26)35(31,32)23-4-3-13-34-23/h3-4,7-8,13-14,18,22,30H,5-6,9-12,15-17H2,1-2H3/t22-/m1/s1. The predicted octanol–water partition coefficient (Wildman–Crippen LogP) is 3.73. The van der Waals surface area contributed by atoms with Crippen LogP contribution in [0.5, 0.6) is 5.75 Å². The molecule has 7 nitrogen and oxygen atoms in total. The van der Waals surface area contributed by atoms with Crippen molar-refractivity contribution in [1.82, 2.24) is 13.8 Å². The second-order valence-corrected chi connectivity index (χ2v) is 13.5. The second kappa shape index (κ2) is 8.59. The molecule has 1 saturated heterocycles. The summed E-state index contributed by atoms with van der Waals surface area (Å²) in [4.78, 5) is 2.49. The predicted molar refractivity (Wildman–Crippen MR) is 138 cm³/mol. The maximum absolute atomic E-state index is 13.2. The molecule has 0 amide bonds. The van der Waals surface area contributed by atoms with E-state index in [4.69, 9.17) is 4.74 Å². The van der Waals surface area contributed by atoms with Crippen molar-refractivity contribution in [3.8, 4) is 5.75 Å². The maximum atomic E-state index is 13.2. The Hall–Kier alpha value is -1.91. The third-order valence-electron chi connectivity index (χ3n) is 8.38. The quantitative estimate of drug-likeness (QED) is 0.542. The van der Waals surface area contributed by atoms with Crippen LogP contribution in [0.4, 0.5) is 0 Å². The van der Waals surface area contributed by atoms with Crippen molar-refractivity contribution in [3.05, 3.63) is 47.0 Å². The molecule has 9 heteroatoms. The van der Waals surface area contributed by atoms with Gasteiger partial charge in [0.1, 0.15) is 9.96 Å². The maximum Gasteiger partial charge on any atom is 0.252 e. The highest BCUT2D eigenvalue weighted by atomic mass is 32.2. The number of hydrogen-bond acceptors (Lipinski definition) is 6. The number of thiophene rings is 1. The Morgan fingerprint density at radius 3 is 2.60 bits per heavy atom. The number of hydrogen-bond donors (Lipinski definition) is 1. The Bertz CT molecular complexity index is 1340. The van der Waals surface area contributed by atoms with E-state index in [2.05, 4.69) is 28.6 Å². The van der Waals surface area contributed by atoms with Crippen molar-refractivity contribution in [3.63, 3.8) is 0 Å². The van der Waals surface area contributed by atoms with Crippen LogP contribution in [0.15, 0.2) is 39.9 Å². The molecule has 1 spiro atoms. The minimum Gasteiger partial charge on any atom is -0.497 e. The molecule has 4 heterocycles. The van der Waals surface area contributed by atoms with Gasteiger partial charge in [-0.1, -0.05) is 6.07 Å². The van der Waals surface area contributed by atoms with Gasteiger partial charge in [-0.05, 0) is 60.7 Å². The smallest absolute Gasteiger partial charge is 0.252 e. The van der Waals surface area contributed by atoms with Gasteiger partial charge >= 0.3 is 0 Å². The van der Waals surface area contributed by atoms with Gasteiger partial charge in [0.25, 0.3) is 10.0 Å². The van der Waals surface area contributed by atoms with Gasteiger partial charge in [0.15, 0.2) is 0 Å². The number of aliphatic hydroxyl groups excluding tert-OH is 1. The fourth-order valence-corrected chi connectivity index (χ4v) is 8.97. The summed E-state index contributed by atoms with van der Waals surface area (Å²) in [5, 5.41) is 13.6. The van der Waals surface area contributed by atoms with E-state index < -0.39 is 10.0 Å². The topological polar surface area (TPSA) is 75.0 Å². The molecule has 1 atom stereocenters. The number of aliphatic hydroxyl groups is 1. The van der Waals surface area contributed by atoms with Crippen molar-refractivity contribution in [1.29, 1.82) is 0 Å². The first-order valence-corrected chi connectivity index (χ1v) is 14.8. The van der Waals surface area contributed by atoms with Crippen molar-refractivity contribution in [2.24, 2.45) is 13.0 Å². The number of piperidine rings is 1. The molecule has 1 N–H and O–H groups in total. The molecule has 1 saturated carbocycles. The van der Waals surface area contributed by atoms with Gasteiger partial charge in [0.2, 0.25) is 0 Å². The Balaban J connectivity index is 1.44. The number of nitrogens with zero attached hydrogens (tertiary/aromatic N) is 3. The van der Waals surface area contributed by atoms with Crippen molar-refractivity contribution >= 4 is 32.3 Å². The first-order chi connectivity index (χ1) is 16.9. The van der Waals surface area contributed by atoms with E-state index in [1.54, 1.807) is 23.5 Å². The van der Waals surface area contributed by atoms with Crippen LogP contribution < -0.4 is 4.74 Å². The zero-order chi connectivity index (χ0) is 24.4. The van der Waals surface area contributed by atoms with E-state index in [9.17, 15) is 13.5 Å². The number of sulfonamides is 1. The van der Waals surface area contributed by atoms with E-state index >= 15 is 0 Å². The molecule has 2 aliphatic heterocycles. The number of rotatable bonds is 6. The number of methoxy groups -OCH3 is 1. The van der Waals surface area contributed by atoms with Gasteiger partial charge < -0.3 is 14.4 Å². The monoisotopic (exact) mass is 515 g/mol. The number of aromatic nitrogens is 1. The zero-order valence-corrected chi connectivity index (χ0v) is 21.9. The van der Waals surface area contributed by atoms with Crippen molar-refractivity contribution in [2.75, 3.05) is 39.9 Å². The molecule has 6 rings (SSSR count). The number of ether oxygens (including phenoxy) is 1. The van der Waals surface area contributed by atoms with Crippen LogP contribution >= 0.6 is 11.3 Å². The average Bonchev–Trinajstić information content (AvgIpc) is 3.38. The van der Waals surface area contributed by atoms with Crippen LogP contribution in [-0.2, 0) is 22.5 Å². The fourth-order valence-electron chi connectivity index (χ4n) is 6.39. The van der Waals surface area contributed by atoms with Crippen LogP contribution in [0.25, 0.3) is 10.9 Å². The summed E-state index contributed by atoms with van der Waals surface area (Å²) in [5.74, 6) is 1.52. The molecule has 1 aliphatic carbocycles. The first kappa shape index (κ1) is 23.5. The normalized spacial score (nSPS) is 23.1. The SMILES string of the molecule is COc1ccc2c3c(n(C)c2c1)[C@@H](CO)N(CC1CC1)CC31CCN(S(=O)(=O)c2cccs2)CC1. The molecule has 0 bridgehead atoms. The lowest BCUT2D eigenvalue weighted by Crippen LogP contribution is -2.55. The summed E-state index contributed by atoms with van der Waals surface area (Å²) >= 11 is 1.28. The second-order valence-electron chi connectivity index (χ2n) is 10.4. The summed E-state index contributed by atoms with van der Waals surface area (Å²) < 4.78 is 36.3. The molecule has 3 aromatic rings. The molecule has 0 unspecified atom stereocenters. The Labute approximate surface area is 211 Å². The van der Waals surface area contributed by atoms with Crippen LogP contribution in [-0.4, -0.2) is 67.2 Å². The van der Waals surface area contributed by atoms with Crippen LogP contribution in [0.2, 0.25) is 0 Å². The highest BCUT2D eigenvalue weighted by Crippen LogP contribution is 2.51. The third kappa shape index (κ3) is 3.74. The van der Waals surface area contributed by atoms with Gasteiger partial charge in [0, 0.05) is 55.8 Å². The highest BCUT2D eigenvalue weighted by Gasteiger charge is 2.50. The van der Waals surface area contributed by atoms with Crippen molar-refractivity contribution in [2.45, 2.75) is 41.3 Å². The Morgan fingerprint density at radius 1 is 1.20 bits per heavy atom. The molecule has 1 aromatic carbocycles. The lowest BCUT2D eigenvalue weighted by molar-refractivity contribution is 0.0539. The lowest BCUT2D eigenvalue weighted by Gasteiger charge is -2.50.